The van der Waals surface area contributed by atoms with Gasteiger partial charge in [0.1, 0.15) is 6.61 Å². The maximum atomic E-state index is 6.02. The third-order valence-electron chi connectivity index (χ3n) is 3.20. The Morgan fingerprint density at radius 3 is 2.76 bits per heavy atom. The molecule has 5 nitrogen and oxygen atoms in total. The Balaban J connectivity index is 1.89. The van der Waals surface area contributed by atoms with Gasteiger partial charge < -0.3 is 18.9 Å². The molecule has 1 aromatic heterocycles. The average molecular weight is 352 g/mol. The molecular formula is C15H14BrNO4. The van der Waals surface area contributed by atoms with Gasteiger partial charge in [-0.1, -0.05) is 15.9 Å². The Hall–Kier alpha value is -1.95. The molecule has 0 aliphatic carbocycles. The second-order valence-corrected chi connectivity index (χ2v) is 5.40. The van der Waals surface area contributed by atoms with Crippen LogP contribution in [0.2, 0.25) is 0 Å². The third-order valence-corrected chi connectivity index (χ3v) is 3.65. The molecule has 110 valence electrons. The Morgan fingerprint density at radius 1 is 1.24 bits per heavy atom. The van der Waals surface area contributed by atoms with Crippen LogP contribution in [0.15, 0.2) is 34.9 Å². The first-order chi connectivity index (χ1) is 10.2. The maximum absolute atomic E-state index is 6.02. The predicted molar refractivity (Wildman–Crippen MR) is 80.3 cm³/mol. The van der Waals surface area contributed by atoms with E-state index in [0.29, 0.717) is 29.7 Å². The molecule has 1 aliphatic rings. The predicted octanol–water partition coefficient (Wildman–Crippen LogP) is 3.37. The highest BCUT2D eigenvalue weighted by molar-refractivity contribution is 9.10. The summed E-state index contributed by atoms with van der Waals surface area (Å²) >= 11 is 3.42. The van der Waals surface area contributed by atoms with Gasteiger partial charge in [-0.3, -0.25) is 0 Å². The van der Waals surface area contributed by atoms with Crippen LogP contribution >= 0.6 is 15.9 Å². The minimum absolute atomic E-state index is 0.231. The number of ether oxygens (including phenoxy) is 4. The quantitative estimate of drug-likeness (QED) is 0.848. The fourth-order valence-corrected chi connectivity index (χ4v) is 2.54. The van der Waals surface area contributed by atoms with Gasteiger partial charge in [-0.25, -0.2) is 4.98 Å². The van der Waals surface area contributed by atoms with E-state index in [0.717, 1.165) is 10.0 Å². The van der Waals surface area contributed by atoms with Crippen LogP contribution in [-0.4, -0.2) is 25.8 Å². The summed E-state index contributed by atoms with van der Waals surface area (Å²) in [5.41, 5.74) is 0.923. The molecule has 2 aromatic rings. The zero-order valence-electron chi connectivity index (χ0n) is 11.6. The largest absolute Gasteiger partial charge is 0.493 e. The van der Waals surface area contributed by atoms with Crippen molar-refractivity contribution in [3.05, 3.63) is 40.5 Å². The molecule has 21 heavy (non-hydrogen) atoms. The highest BCUT2D eigenvalue weighted by Crippen LogP contribution is 2.45. The molecule has 1 aliphatic heterocycles. The summed E-state index contributed by atoms with van der Waals surface area (Å²) in [5, 5.41) is 0. The molecule has 0 saturated heterocycles. The number of methoxy groups -OCH3 is 2. The van der Waals surface area contributed by atoms with E-state index in [2.05, 4.69) is 20.9 Å². The molecule has 0 bridgehead atoms. The molecule has 0 N–H and O–H groups in total. The van der Waals surface area contributed by atoms with Crippen molar-refractivity contribution >= 4 is 15.9 Å². The van der Waals surface area contributed by atoms with E-state index in [-0.39, 0.29) is 6.10 Å². The van der Waals surface area contributed by atoms with Gasteiger partial charge in [-0.2, -0.15) is 0 Å². The fourth-order valence-electron chi connectivity index (χ4n) is 2.13. The standard InChI is InChI=1S/C15H14BrNO4/c1-18-11-5-10(16)6-12-15(11)21-13(8-20-12)9-3-4-14(19-2)17-7-9/h3-7,13H,8H2,1-2H3. The lowest BCUT2D eigenvalue weighted by atomic mass is 10.1. The summed E-state index contributed by atoms with van der Waals surface area (Å²) in [6.07, 6.45) is 1.49. The van der Waals surface area contributed by atoms with E-state index in [1.807, 2.05) is 18.2 Å². The normalized spacial score (nSPS) is 16.4. The van der Waals surface area contributed by atoms with Crippen molar-refractivity contribution < 1.29 is 18.9 Å². The second-order valence-electron chi connectivity index (χ2n) is 4.49. The van der Waals surface area contributed by atoms with Crippen LogP contribution in [0.25, 0.3) is 0 Å². The summed E-state index contributed by atoms with van der Waals surface area (Å²) in [6.45, 7) is 0.417. The molecule has 0 radical (unpaired) electrons. The lowest BCUT2D eigenvalue weighted by Gasteiger charge is -2.28. The number of fused-ring (bicyclic) bond motifs is 1. The van der Waals surface area contributed by atoms with E-state index >= 15 is 0 Å². The first kappa shape index (κ1) is 14.0. The Bertz CT molecular complexity index is 628. The van der Waals surface area contributed by atoms with Gasteiger partial charge >= 0.3 is 0 Å². The summed E-state index contributed by atoms with van der Waals surface area (Å²) < 4.78 is 23.1. The van der Waals surface area contributed by atoms with Crippen LogP contribution in [0.4, 0.5) is 0 Å². The number of hydrogen-bond acceptors (Lipinski definition) is 5. The van der Waals surface area contributed by atoms with Gasteiger partial charge in [0, 0.05) is 22.3 Å². The SMILES string of the molecule is COc1ccc(C2COc3cc(Br)cc(OC)c3O2)cn1. The van der Waals surface area contributed by atoms with Crippen molar-refractivity contribution in [2.24, 2.45) is 0 Å². The average Bonchev–Trinajstić information content (AvgIpc) is 2.53. The number of benzene rings is 1. The van der Waals surface area contributed by atoms with Crippen LogP contribution in [-0.2, 0) is 0 Å². The van der Waals surface area contributed by atoms with Crippen LogP contribution < -0.4 is 18.9 Å². The summed E-state index contributed by atoms with van der Waals surface area (Å²) in [5.74, 6) is 2.47. The van der Waals surface area contributed by atoms with Crippen molar-refractivity contribution in [2.75, 3.05) is 20.8 Å². The number of hydrogen-bond donors (Lipinski definition) is 0. The summed E-state index contributed by atoms with van der Waals surface area (Å²) in [6, 6.07) is 7.42. The van der Waals surface area contributed by atoms with Crippen molar-refractivity contribution in [1.82, 2.24) is 4.98 Å². The molecule has 0 saturated carbocycles. The van der Waals surface area contributed by atoms with Crippen LogP contribution in [0.5, 0.6) is 23.1 Å². The topological polar surface area (TPSA) is 49.8 Å². The Labute approximate surface area is 130 Å². The highest BCUT2D eigenvalue weighted by atomic mass is 79.9. The van der Waals surface area contributed by atoms with Crippen molar-refractivity contribution in [2.45, 2.75) is 6.10 Å². The summed E-state index contributed by atoms with van der Waals surface area (Å²) in [7, 11) is 3.19. The molecule has 2 heterocycles. The number of halogens is 1. The molecule has 0 amide bonds. The Kier molecular flexibility index (Phi) is 3.88. The van der Waals surface area contributed by atoms with Gasteiger partial charge in [0.25, 0.3) is 0 Å². The molecule has 0 spiro atoms. The van der Waals surface area contributed by atoms with Crippen molar-refractivity contribution in [3.8, 4) is 23.1 Å². The smallest absolute Gasteiger partial charge is 0.212 e. The molecule has 3 rings (SSSR count). The first-order valence-corrected chi connectivity index (χ1v) is 7.17. The van der Waals surface area contributed by atoms with Crippen LogP contribution in [0, 0.1) is 0 Å². The second kappa shape index (κ2) is 5.81. The first-order valence-electron chi connectivity index (χ1n) is 6.38. The fraction of sp³-hybridized carbons (Fsp3) is 0.267. The van der Waals surface area contributed by atoms with E-state index in [9.17, 15) is 0 Å². The minimum Gasteiger partial charge on any atom is -0.493 e. The van der Waals surface area contributed by atoms with Gasteiger partial charge in [0.05, 0.1) is 14.2 Å². The molecule has 1 unspecified atom stereocenters. The van der Waals surface area contributed by atoms with Crippen LogP contribution in [0.3, 0.4) is 0 Å². The van der Waals surface area contributed by atoms with E-state index < -0.39 is 0 Å². The zero-order chi connectivity index (χ0) is 14.8. The van der Waals surface area contributed by atoms with Crippen LogP contribution in [0.1, 0.15) is 11.7 Å². The number of aromatic nitrogens is 1. The summed E-state index contributed by atoms with van der Waals surface area (Å²) in [4.78, 5) is 4.19. The lowest BCUT2D eigenvalue weighted by Crippen LogP contribution is -2.22. The monoisotopic (exact) mass is 351 g/mol. The molecular weight excluding hydrogens is 338 g/mol. The van der Waals surface area contributed by atoms with E-state index in [4.69, 9.17) is 18.9 Å². The van der Waals surface area contributed by atoms with Gasteiger partial charge in [-0.15, -0.1) is 0 Å². The van der Waals surface area contributed by atoms with Crippen molar-refractivity contribution in [1.29, 1.82) is 0 Å². The maximum Gasteiger partial charge on any atom is 0.212 e. The molecule has 0 fully saturated rings. The number of nitrogens with zero attached hydrogens (tertiary/aromatic N) is 1. The van der Waals surface area contributed by atoms with Crippen molar-refractivity contribution in [3.63, 3.8) is 0 Å². The van der Waals surface area contributed by atoms with E-state index in [1.165, 1.54) is 0 Å². The highest BCUT2D eigenvalue weighted by Gasteiger charge is 2.26. The Morgan fingerprint density at radius 2 is 2.10 bits per heavy atom. The minimum atomic E-state index is -0.231. The lowest BCUT2D eigenvalue weighted by molar-refractivity contribution is 0.0867. The number of rotatable bonds is 3. The van der Waals surface area contributed by atoms with E-state index in [1.54, 1.807) is 26.5 Å². The molecule has 1 aromatic carbocycles. The molecule has 6 heteroatoms. The van der Waals surface area contributed by atoms with Gasteiger partial charge in [0.15, 0.2) is 17.6 Å². The molecule has 1 atom stereocenters. The van der Waals surface area contributed by atoms with Gasteiger partial charge in [0.2, 0.25) is 11.6 Å². The zero-order valence-corrected chi connectivity index (χ0v) is 13.2. The third kappa shape index (κ3) is 2.76. The van der Waals surface area contributed by atoms with Gasteiger partial charge in [-0.05, 0) is 18.2 Å². The number of pyridine rings is 1.